The number of nitrogens with two attached hydrogens (primary N) is 1. The van der Waals surface area contributed by atoms with Crippen molar-refractivity contribution in [1.82, 2.24) is 9.97 Å². The number of anilines is 4. The Bertz CT molecular complexity index is 818. The summed E-state index contributed by atoms with van der Waals surface area (Å²) in [6, 6.07) is 9.29. The van der Waals surface area contributed by atoms with Crippen molar-refractivity contribution in [3.05, 3.63) is 36.0 Å². The minimum atomic E-state index is -0.523. The van der Waals surface area contributed by atoms with Gasteiger partial charge in [0.15, 0.2) is 0 Å². The van der Waals surface area contributed by atoms with Gasteiger partial charge >= 0.3 is 0 Å². The third-order valence-corrected chi connectivity index (χ3v) is 5.23. The van der Waals surface area contributed by atoms with Crippen LogP contribution in [0.2, 0.25) is 0 Å². The first-order valence-corrected chi connectivity index (χ1v) is 9.67. The Morgan fingerprint density at radius 3 is 2.63 bits per heavy atom. The van der Waals surface area contributed by atoms with E-state index in [1.54, 1.807) is 0 Å². The summed E-state index contributed by atoms with van der Waals surface area (Å²) >= 11 is 0. The van der Waals surface area contributed by atoms with Crippen molar-refractivity contribution >= 4 is 29.0 Å². The molecule has 2 aliphatic rings. The largest absolute Gasteiger partial charge is 0.369 e. The van der Waals surface area contributed by atoms with Gasteiger partial charge in [0.05, 0.1) is 5.56 Å². The lowest BCUT2D eigenvalue weighted by Gasteiger charge is -2.35. The molecule has 1 unspecified atom stereocenters. The molecule has 27 heavy (non-hydrogen) atoms. The lowest BCUT2D eigenvalue weighted by atomic mass is 10.0. The van der Waals surface area contributed by atoms with Crippen LogP contribution in [0.15, 0.2) is 30.5 Å². The van der Waals surface area contributed by atoms with Crippen LogP contribution in [0.3, 0.4) is 0 Å². The summed E-state index contributed by atoms with van der Waals surface area (Å²) in [6.07, 6.45) is 7.46. The second-order valence-electron chi connectivity index (χ2n) is 7.45. The number of primary amides is 1. The van der Waals surface area contributed by atoms with Crippen LogP contribution in [0.4, 0.5) is 23.1 Å². The number of rotatable bonds is 6. The maximum absolute atomic E-state index is 11.6. The molecule has 0 spiro atoms. The number of hydrogen-bond acceptors (Lipinski definition) is 6. The monoisotopic (exact) mass is 366 g/mol. The van der Waals surface area contributed by atoms with E-state index in [0.29, 0.717) is 29.4 Å². The SMILES string of the molecule is CC1CCCCN1c1ccc(Nc2ncc(C(N)=O)c(NC3CC3)n2)cc1. The van der Waals surface area contributed by atoms with Crippen LogP contribution in [0.5, 0.6) is 0 Å². The normalized spacial score (nSPS) is 19.6. The van der Waals surface area contributed by atoms with Gasteiger partial charge in [-0.1, -0.05) is 0 Å². The van der Waals surface area contributed by atoms with Crippen LogP contribution >= 0.6 is 0 Å². The van der Waals surface area contributed by atoms with Crippen LogP contribution in [0.1, 0.15) is 49.4 Å². The highest BCUT2D eigenvalue weighted by atomic mass is 16.1. The zero-order chi connectivity index (χ0) is 18.8. The molecule has 4 N–H and O–H groups in total. The highest BCUT2D eigenvalue weighted by molar-refractivity contribution is 5.97. The van der Waals surface area contributed by atoms with Crippen LogP contribution in [0, 0.1) is 0 Å². The highest BCUT2D eigenvalue weighted by Gasteiger charge is 2.24. The second kappa shape index (κ2) is 7.42. The predicted molar refractivity (Wildman–Crippen MR) is 108 cm³/mol. The molecule has 1 aromatic heterocycles. The molecule has 0 bridgehead atoms. The van der Waals surface area contributed by atoms with Crippen molar-refractivity contribution < 1.29 is 4.79 Å². The maximum Gasteiger partial charge on any atom is 0.254 e. The fourth-order valence-electron chi connectivity index (χ4n) is 3.50. The maximum atomic E-state index is 11.6. The number of carbonyl (C=O) groups excluding carboxylic acids is 1. The van der Waals surface area contributed by atoms with Crippen molar-refractivity contribution in [2.24, 2.45) is 5.73 Å². The van der Waals surface area contributed by atoms with Crippen molar-refractivity contribution in [2.75, 3.05) is 22.1 Å². The van der Waals surface area contributed by atoms with Crippen molar-refractivity contribution in [1.29, 1.82) is 0 Å². The van der Waals surface area contributed by atoms with Gasteiger partial charge in [-0.2, -0.15) is 4.98 Å². The lowest BCUT2D eigenvalue weighted by Crippen LogP contribution is -2.37. The highest BCUT2D eigenvalue weighted by Crippen LogP contribution is 2.28. The van der Waals surface area contributed by atoms with Gasteiger partial charge in [-0.3, -0.25) is 4.79 Å². The molecule has 1 saturated carbocycles. The quantitative estimate of drug-likeness (QED) is 0.726. The van der Waals surface area contributed by atoms with Crippen molar-refractivity contribution in [3.63, 3.8) is 0 Å². The van der Waals surface area contributed by atoms with Gasteiger partial charge in [0, 0.05) is 36.2 Å². The molecule has 0 radical (unpaired) electrons. The van der Waals surface area contributed by atoms with E-state index >= 15 is 0 Å². The van der Waals surface area contributed by atoms with E-state index in [2.05, 4.69) is 44.6 Å². The molecule has 1 amide bonds. The van der Waals surface area contributed by atoms with Crippen LogP contribution < -0.4 is 21.3 Å². The number of carbonyl (C=O) groups is 1. The zero-order valence-electron chi connectivity index (χ0n) is 15.6. The fourth-order valence-corrected chi connectivity index (χ4v) is 3.50. The van der Waals surface area contributed by atoms with Crippen molar-refractivity contribution in [2.45, 2.75) is 51.1 Å². The Balaban J connectivity index is 1.49. The average Bonchev–Trinajstić information content (AvgIpc) is 3.47. The summed E-state index contributed by atoms with van der Waals surface area (Å²) in [5, 5.41) is 6.46. The summed E-state index contributed by atoms with van der Waals surface area (Å²) in [5.74, 6) is 0.424. The number of hydrogen-bond donors (Lipinski definition) is 3. The molecule has 1 saturated heterocycles. The molecule has 7 nitrogen and oxygen atoms in total. The van der Waals surface area contributed by atoms with Gasteiger partial charge < -0.3 is 21.3 Å². The third kappa shape index (κ3) is 4.13. The Morgan fingerprint density at radius 1 is 1.19 bits per heavy atom. The van der Waals surface area contributed by atoms with E-state index in [0.717, 1.165) is 25.1 Å². The molecule has 2 fully saturated rings. The number of nitrogens with one attached hydrogen (secondary N) is 2. The number of aromatic nitrogens is 2. The van der Waals surface area contributed by atoms with E-state index in [9.17, 15) is 4.79 Å². The lowest BCUT2D eigenvalue weighted by molar-refractivity contribution is 0.100. The summed E-state index contributed by atoms with van der Waals surface area (Å²) in [6.45, 7) is 3.40. The van der Waals surface area contributed by atoms with Crippen LogP contribution in [0.25, 0.3) is 0 Å². The van der Waals surface area contributed by atoms with E-state index in [4.69, 9.17) is 5.73 Å². The summed E-state index contributed by atoms with van der Waals surface area (Å²) in [7, 11) is 0. The third-order valence-electron chi connectivity index (χ3n) is 5.23. The first kappa shape index (κ1) is 17.6. The van der Waals surface area contributed by atoms with Gasteiger partial charge in [0.1, 0.15) is 5.82 Å². The smallest absolute Gasteiger partial charge is 0.254 e. The summed E-state index contributed by atoms with van der Waals surface area (Å²) in [5.41, 5.74) is 7.90. The van der Waals surface area contributed by atoms with Crippen LogP contribution in [-0.4, -0.2) is 34.5 Å². The second-order valence-corrected chi connectivity index (χ2v) is 7.45. The number of amides is 1. The zero-order valence-corrected chi connectivity index (χ0v) is 15.6. The molecule has 1 aliphatic carbocycles. The van der Waals surface area contributed by atoms with E-state index in [1.165, 1.54) is 31.1 Å². The average molecular weight is 366 g/mol. The van der Waals surface area contributed by atoms with Gasteiger partial charge in [0.25, 0.3) is 5.91 Å². The molecule has 1 aromatic carbocycles. The molecule has 142 valence electrons. The molecule has 7 heteroatoms. The predicted octanol–water partition coefficient (Wildman–Crippen LogP) is 3.27. The van der Waals surface area contributed by atoms with Crippen LogP contribution in [-0.2, 0) is 0 Å². The molecule has 2 heterocycles. The molecular weight excluding hydrogens is 340 g/mol. The fraction of sp³-hybridized carbons (Fsp3) is 0.450. The van der Waals surface area contributed by atoms with Gasteiger partial charge in [-0.05, 0) is 63.3 Å². The van der Waals surface area contributed by atoms with Gasteiger partial charge in [-0.15, -0.1) is 0 Å². The topological polar surface area (TPSA) is 96.2 Å². The summed E-state index contributed by atoms with van der Waals surface area (Å²) in [4.78, 5) is 22.7. The standard InChI is InChI=1S/C20H26N6O/c1-13-4-2-3-11-26(13)16-9-7-15(8-10-16)24-20-22-12-17(18(21)27)19(25-20)23-14-5-6-14/h7-10,12-14H,2-6,11H2,1H3,(H2,21,27)(H2,22,23,24,25). The van der Waals surface area contributed by atoms with E-state index in [-0.39, 0.29) is 0 Å². The van der Waals surface area contributed by atoms with E-state index < -0.39 is 5.91 Å². The first-order valence-electron chi connectivity index (χ1n) is 9.67. The number of nitrogens with zero attached hydrogens (tertiary/aromatic N) is 3. The Kier molecular flexibility index (Phi) is 4.83. The van der Waals surface area contributed by atoms with Crippen molar-refractivity contribution in [3.8, 4) is 0 Å². The Labute approximate surface area is 159 Å². The molecule has 4 rings (SSSR count). The minimum absolute atomic E-state index is 0.321. The Hall–Kier alpha value is -2.83. The number of benzene rings is 1. The molecular formula is C20H26N6O. The molecule has 1 atom stereocenters. The van der Waals surface area contributed by atoms with Gasteiger partial charge in [-0.25, -0.2) is 4.98 Å². The summed E-state index contributed by atoms with van der Waals surface area (Å²) < 4.78 is 0. The minimum Gasteiger partial charge on any atom is -0.369 e. The number of piperidine rings is 1. The van der Waals surface area contributed by atoms with Gasteiger partial charge in [0.2, 0.25) is 5.95 Å². The molecule has 1 aliphatic heterocycles. The van der Waals surface area contributed by atoms with E-state index in [1.807, 2.05) is 12.1 Å². The molecule has 2 aromatic rings. The Morgan fingerprint density at radius 2 is 1.96 bits per heavy atom. The first-order chi connectivity index (χ1) is 13.1.